The van der Waals surface area contributed by atoms with Crippen LogP contribution in [-0.2, 0) is 17.8 Å². The number of hydrogen-bond donors (Lipinski definition) is 1. The minimum Gasteiger partial charge on any atom is -0.392 e. The maximum absolute atomic E-state index is 14.8. The molecule has 39 heavy (non-hydrogen) atoms. The summed E-state index contributed by atoms with van der Waals surface area (Å²) in [5.74, 6) is -1.02. The van der Waals surface area contributed by atoms with Crippen LogP contribution in [0.4, 0.5) is 4.39 Å². The molecule has 2 heterocycles. The minimum atomic E-state index is -0.618. The fourth-order valence-corrected chi connectivity index (χ4v) is 5.39. The smallest absolute Gasteiger partial charge is 0.329 e. The van der Waals surface area contributed by atoms with Gasteiger partial charge in [0, 0.05) is 31.5 Å². The van der Waals surface area contributed by atoms with Gasteiger partial charge in [-0.2, -0.15) is 0 Å². The lowest BCUT2D eigenvalue weighted by molar-refractivity contribution is 0.0113. The Morgan fingerprint density at radius 3 is 2.62 bits per heavy atom. The highest BCUT2D eigenvalue weighted by atomic mass is 19.1. The number of nitrogens with one attached hydrogen (secondary N) is 1. The van der Waals surface area contributed by atoms with E-state index in [0.29, 0.717) is 42.4 Å². The van der Waals surface area contributed by atoms with Crippen LogP contribution in [0.5, 0.6) is 0 Å². The molecule has 0 bridgehead atoms. The molecule has 0 unspecified atom stereocenters. The monoisotopic (exact) mass is 526 g/mol. The summed E-state index contributed by atoms with van der Waals surface area (Å²) in [6, 6.07) is 19.2. The van der Waals surface area contributed by atoms with Gasteiger partial charge < -0.3 is 9.74 Å². The normalized spacial score (nSPS) is 16.5. The summed E-state index contributed by atoms with van der Waals surface area (Å²) >= 11 is 0. The third-order valence-electron chi connectivity index (χ3n) is 7.51. The van der Waals surface area contributed by atoms with Crippen molar-refractivity contribution in [2.45, 2.75) is 38.3 Å². The number of H-pyrrole nitrogens is 1. The van der Waals surface area contributed by atoms with Crippen molar-refractivity contribution < 1.29 is 14.0 Å². The van der Waals surface area contributed by atoms with Gasteiger partial charge >= 0.3 is 5.69 Å². The van der Waals surface area contributed by atoms with E-state index < -0.39 is 23.0 Å². The average Bonchev–Trinajstić information content (AvgIpc) is 3.38. The predicted octanol–water partition coefficient (Wildman–Crippen LogP) is 3.85. The van der Waals surface area contributed by atoms with Crippen molar-refractivity contribution in [3.8, 4) is 0 Å². The number of para-hydroxylation sites is 1. The number of rotatable bonds is 5. The van der Waals surface area contributed by atoms with Gasteiger partial charge in [0.2, 0.25) is 0 Å². The summed E-state index contributed by atoms with van der Waals surface area (Å²) in [6.45, 7) is 0.938. The zero-order valence-corrected chi connectivity index (χ0v) is 21.2. The summed E-state index contributed by atoms with van der Waals surface area (Å²) in [7, 11) is 0. The number of amides is 1. The van der Waals surface area contributed by atoms with Crippen LogP contribution in [0.3, 0.4) is 0 Å². The number of aryl methyl sites for hydroxylation is 1. The number of nitrogens with zero attached hydrogens (tertiary/aromatic N) is 3. The van der Waals surface area contributed by atoms with Gasteiger partial charge in [0.1, 0.15) is 11.9 Å². The van der Waals surface area contributed by atoms with Gasteiger partial charge in [0.05, 0.1) is 28.7 Å². The van der Waals surface area contributed by atoms with Gasteiger partial charge in [-0.1, -0.05) is 47.6 Å². The lowest BCUT2D eigenvalue weighted by Crippen LogP contribution is -2.41. The summed E-state index contributed by atoms with van der Waals surface area (Å²) in [5.41, 5.74) is 3.34. The molecule has 1 amide bonds. The zero-order chi connectivity index (χ0) is 26.9. The van der Waals surface area contributed by atoms with Gasteiger partial charge in [0.15, 0.2) is 0 Å². The third kappa shape index (κ3) is 4.87. The van der Waals surface area contributed by atoms with Crippen LogP contribution >= 0.6 is 0 Å². The highest BCUT2D eigenvalue weighted by Gasteiger charge is 2.27. The van der Waals surface area contributed by atoms with Crippen molar-refractivity contribution in [3.05, 3.63) is 116 Å². The molecule has 0 radical (unpaired) electrons. The van der Waals surface area contributed by atoms with Crippen molar-refractivity contribution in [3.63, 3.8) is 0 Å². The number of aromatic nitrogens is 2. The van der Waals surface area contributed by atoms with Gasteiger partial charge in [-0.3, -0.25) is 19.1 Å². The van der Waals surface area contributed by atoms with Crippen LogP contribution in [0.1, 0.15) is 46.3 Å². The first-order valence-electron chi connectivity index (χ1n) is 13.1. The average molecular weight is 527 g/mol. The first-order chi connectivity index (χ1) is 19.0. The van der Waals surface area contributed by atoms with E-state index in [1.807, 2.05) is 12.1 Å². The van der Waals surface area contributed by atoms with Gasteiger partial charge in [0.25, 0.3) is 11.5 Å². The molecule has 1 N–H and O–H groups in total. The number of halogens is 1. The standard InChI is InChI=1S/C30H27FN4O4/c31-25-11-9-19(18-35-27-8-4-3-7-23(27)28(36)32-30(35)38)17-24(25)29(37)34-15-13-21(14-16-34)39-33-26-12-10-20-5-1-2-6-22(20)26/h1-9,11,17,21H,10,12-16,18H2,(H,32,36,38). The number of likely N-dealkylation sites (tertiary alicyclic amines) is 1. The maximum Gasteiger partial charge on any atom is 0.329 e. The predicted molar refractivity (Wildman–Crippen MR) is 146 cm³/mol. The molecule has 3 aromatic carbocycles. The molecule has 4 aromatic rings. The van der Waals surface area contributed by atoms with Crippen LogP contribution in [0.15, 0.2) is 81.5 Å². The number of carbonyl (C=O) groups is 1. The topological polar surface area (TPSA) is 96.8 Å². The molecular formula is C30H27FN4O4. The second-order valence-electron chi connectivity index (χ2n) is 9.97. The number of piperidine rings is 1. The van der Waals surface area contributed by atoms with Crippen LogP contribution in [0.2, 0.25) is 0 Å². The molecular weight excluding hydrogens is 499 g/mol. The van der Waals surface area contributed by atoms with Crippen LogP contribution in [0.25, 0.3) is 10.9 Å². The number of benzene rings is 3. The first-order valence-corrected chi connectivity index (χ1v) is 13.1. The molecule has 2 aliphatic rings. The molecule has 8 nitrogen and oxygen atoms in total. The van der Waals surface area contributed by atoms with E-state index in [4.69, 9.17) is 4.84 Å². The third-order valence-corrected chi connectivity index (χ3v) is 7.51. The number of fused-ring (bicyclic) bond motifs is 2. The van der Waals surface area contributed by atoms with Crippen molar-refractivity contribution in [2.24, 2.45) is 5.16 Å². The summed E-state index contributed by atoms with van der Waals surface area (Å²) in [4.78, 5) is 47.8. The number of carbonyl (C=O) groups excluding carboxylic acids is 1. The minimum absolute atomic E-state index is 0.0450. The highest BCUT2D eigenvalue weighted by molar-refractivity contribution is 6.04. The largest absolute Gasteiger partial charge is 0.392 e. The molecule has 9 heteroatoms. The molecule has 1 fully saturated rings. The Morgan fingerprint density at radius 1 is 1.00 bits per heavy atom. The molecule has 0 atom stereocenters. The fraction of sp³-hybridized carbons (Fsp3) is 0.267. The highest BCUT2D eigenvalue weighted by Crippen LogP contribution is 2.24. The second kappa shape index (κ2) is 10.3. The molecule has 0 spiro atoms. The summed E-state index contributed by atoms with van der Waals surface area (Å²) in [6.07, 6.45) is 2.91. The van der Waals surface area contributed by atoms with Crippen LogP contribution in [-0.4, -0.2) is 45.3 Å². The van der Waals surface area contributed by atoms with Crippen molar-refractivity contribution in [1.82, 2.24) is 14.5 Å². The van der Waals surface area contributed by atoms with E-state index in [1.54, 1.807) is 35.2 Å². The van der Waals surface area contributed by atoms with E-state index in [9.17, 15) is 18.8 Å². The van der Waals surface area contributed by atoms with Crippen LogP contribution in [0, 0.1) is 5.82 Å². The van der Waals surface area contributed by atoms with Gasteiger partial charge in [-0.15, -0.1) is 0 Å². The maximum atomic E-state index is 14.8. The molecule has 1 saturated heterocycles. The Balaban J connectivity index is 1.14. The molecule has 1 aliphatic carbocycles. The van der Waals surface area contributed by atoms with Crippen LogP contribution < -0.4 is 11.2 Å². The molecule has 6 rings (SSSR count). The molecule has 1 aromatic heterocycles. The lowest BCUT2D eigenvalue weighted by atomic mass is 10.0. The number of aromatic amines is 1. The Morgan fingerprint density at radius 2 is 1.77 bits per heavy atom. The zero-order valence-electron chi connectivity index (χ0n) is 21.2. The van der Waals surface area contributed by atoms with Crippen molar-refractivity contribution in [2.75, 3.05) is 13.1 Å². The molecule has 198 valence electrons. The van der Waals surface area contributed by atoms with Crippen molar-refractivity contribution >= 4 is 22.5 Å². The number of hydrogen-bond acceptors (Lipinski definition) is 5. The van der Waals surface area contributed by atoms with E-state index >= 15 is 0 Å². The lowest BCUT2D eigenvalue weighted by Gasteiger charge is -2.31. The Labute approximate surface area is 223 Å². The molecule has 0 saturated carbocycles. The van der Waals surface area contributed by atoms with E-state index in [2.05, 4.69) is 22.3 Å². The summed E-state index contributed by atoms with van der Waals surface area (Å²) < 4.78 is 16.2. The van der Waals surface area contributed by atoms with E-state index in [0.717, 1.165) is 24.1 Å². The van der Waals surface area contributed by atoms with Gasteiger partial charge in [-0.05, 0) is 48.2 Å². The Bertz CT molecular complexity index is 1720. The quantitative estimate of drug-likeness (QED) is 0.400. The fourth-order valence-electron chi connectivity index (χ4n) is 5.39. The second-order valence-corrected chi connectivity index (χ2v) is 9.97. The molecule has 1 aliphatic heterocycles. The number of oxime groups is 1. The van der Waals surface area contributed by atoms with Gasteiger partial charge in [-0.25, -0.2) is 9.18 Å². The van der Waals surface area contributed by atoms with E-state index in [-0.39, 0.29) is 18.2 Å². The van der Waals surface area contributed by atoms with Crippen molar-refractivity contribution in [1.29, 1.82) is 0 Å². The Kier molecular flexibility index (Phi) is 6.56. The first kappa shape index (κ1) is 24.8. The summed E-state index contributed by atoms with van der Waals surface area (Å²) in [5, 5.41) is 4.80. The SMILES string of the molecule is O=C(c1cc(Cn2c(=O)[nH]c(=O)c3ccccc32)ccc1F)N1CCC(ON=C2CCc3ccccc32)CC1. The Hall–Kier alpha value is -4.53. The van der Waals surface area contributed by atoms with E-state index in [1.165, 1.54) is 22.3 Å².